The number of rotatable bonds is 3. The molecule has 0 saturated heterocycles. The zero-order chi connectivity index (χ0) is 13.9. The van der Waals surface area contributed by atoms with Crippen molar-refractivity contribution in [1.29, 1.82) is 0 Å². The van der Waals surface area contributed by atoms with E-state index in [0.717, 1.165) is 25.3 Å². The number of amides is 1. The topological polar surface area (TPSA) is 49.3 Å². The quantitative estimate of drug-likeness (QED) is 0.886. The lowest BCUT2D eigenvalue weighted by atomic mass is 9.82. The van der Waals surface area contributed by atoms with Crippen LogP contribution in [-0.4, -0.2) is 16.6 Å². The molecular weight excluding hydrogens is 252 g/mol. The summed E-state index contributed by atoms with van der Waals surface area (Å²) in [7, 11) is 0. The number of anilines is 1. The maximum absolute atomic E-state index is 13.4. The minimum absolute atomic E-state index is 0.0518. The molecule has 1 saturated carbocycles. The van der Waals surface area contributed by atoms with Gasteiger partial charge in [-0.2, -0.15) is 0 Å². The fourth-order valence-electron chi connectivity index (χ4n) is 2.47. The molecule has 3 nitrogen and oxygen atoms in total. The van der Waals surface area contributed by atoms with Crippen LogP contribution in [0, 0.1) is 11.6 Å². The molecule has 2 rings (SSSR count). The maximum atomic E-state index is 13.4. The van der Waals surface area contributed by atoms with Gasteiger partial charge in [-0.25, -0.2) is 8.78 Å². The maximum Gasteiger partial charge on any atom is 0.227 e. The van der Waals surface area contributed by atoms with Gasteiger partial charge in [0.25, 0.3) is 0 Å². The third kappa shape index (κ3) is 3.73. The Balaban J connectivity index is 1.97. The van der Waals surface area contributed by atoms with Crippen molar-refractivity contribution >= 4 is 11.6 Å². The molecular formula is C14H17F2NO2. The van der Waals surface area contributed by atoms with Gasteiger partial charge in [0.15, 0.2) is 0 Å². The monoisotopic (exact) mass is 269 g/mol. The van der Waals surface area contributed by atoms with Gasteiger partial charge in [0.2, 0.25) is 5.91 Å². The van der Waals surface area contributed by atoms with Gasteiger partial charge in [0.05, 0.1) is 17.7 Å². The molecule has 0 radical (unpaired) electrons. The summed E-state index contributed by atoms with van der Waals surface area (Å²) in [6.07, 6.45) is 3.99. The van der Waals surface area contributed by atoms with E-state index in [1.54, 1.807) is 0 Å². The summed E-state index contributed by atoms with van der Waals surface area (Å²) in [4.78, 5) is 11.8. The van der Waals surface area contributed by atoms with E-state index >= 15 is 0 Å². The highest BCUT2D eigenvalue weighted by molar-refractivity contribution is 5.91. The number of benzene rings is 1. The number of carbonyl (C=O) groups excluding carboxylic acids is 1. The van der Waals surface area contributed by atoms with Crippen LogP contribution in [0.1, 0.15) is 38.5 Å². The van der Waals surface area contributed by atoms with Crippen molar-refractivity contribution < 1.29 is 18.7 Å². The Hall–Kier alpha value is -1.49. The molecule has 1 aliphatic rings. The lowest BCUT2D eigenvalue weighted by Gasteiger charge is -2.31. The summed E-state index contributed by atoms with van der Waals surface area (Å²) >= 11 is 0. The first kappa shape index (κ1) is 13.9. The summed E-state index contributed by atoms with van der Waals surface area (Å²) in [5, 5.41) is 12.6. The molecule has 0 spiro atoms. The Morgan fingerprint density at radius 2 is 1.95 bits per heavy atom. The highest BCUT2D eigenvalue weighted by Crippen LogP contribution is 2.31. The predicted octanol–water partition coefficient (Wildman–Crippen LogP) is 2.99. The molecule has 0 bridgehead atoms. The highest BCUT2D eigenvalue weighted by Gasteiger charge is 2.31. The highest BCUT2D eigenvalue weighted by atomic mass is 19.1. The third-order valence-corrected chi connectivity index (χ3v) is 3.48. The van der Waals surface area contributed by atoms with Crippen LogP contribution in [0.4, 0.5) is 14.5 Å². The van der Waals surface area contributed by atoms with Crippen molar-refractivity contribution in [3.05, 3.63) is 29.8 Å². The first-order chi connectivity index (χ1) is 8.98. The van der Waals surface area contributed by atoms with Crippen LogP contribution in [0.5, 0.6) is 0 Å². The van der Waals surface area contributed by atoms with E-state index in [1.807, 2.05) is 0 Å². The van der Waals surface area contributed by atoms with Crippen molar-refractivity contribution in [2.24, 2.45) is 0 Å². The summed E-state index contributed by atoms with van der Waals surface area (Å²) < 4.78 is 26.1. The average molecular weight is 269 g/mol. The van der Waals surface area contributed by atoms with Gasteiger partial charge in [-0.1, -0.05) is 19.3 Å². The molecule has 0 aromatic heterocycles. The minimum Gasteiger partial charge on any atom is -0.389 e. The van der Waals surface area contributed by atoms with Crippen LogP contribution in [0.15, 0.2) is 18.2 Å². The van der Waals surface area contributed by atoms with E-state index in [2.05, 4.69) is 5.32 Å². The molecule has 1 aromatic carbocycles. The number of aliphatic hydroxyl groups is 1. The van der Waals surface area contributed by atoms with Crippen LogP contribution in [0.3, 0.4) is 0 Å². The van der Waals surface area contributed by atoms with Gasteiger partial charge in [0.1, 0.15) is 11.6 Å². The second-order valence-corrected chi connectivity index (χ2v) is 5.13. The zero-order valence-electron chi connectivity index (χ0n) is 10.6. The zero-order valence-corrected chi connectivity index (χ0v) is 10.6. The largest absolute Gasteiger partial charge is 0.389 e. The summed E-state index contributed by atoms with van der Waals surface area (Å²) in [5.41, 5.74) is -1.05. The number of halogens is 2. The lowest BCUT2D eigenvalue weighted by molar-refractivity contribution is -0.122. The molecule has 2 N–H and O–H groups in total. The van der Waals surface area contributed by atoms with Crippen LogP contribution in [0.25, 0.3) is 0 Å². The van der Waals surface area contributed by atoms with Crippen LogP contribution in [0.2, 0.25) is 0 Å². The summed E-state index contributed by atoms with van der Waals surface area (Å²) in [6, 6.07) is 2.96. The Morgan fingerprint density at radius 1 is 1.26 bits per heavy atom. The molecule has 5 heteroatoms. The standard InChI is InChI=1S/C14H17F2NO2/c15-10-4-5-12(11(16)8-10)17-13(18)9-14(19)6-2-1-3-7-14/h4-5,8,19H,1-3,6-7,9H2,(H,17,18). The van der Waals surface area contributed by atoms with E-state index in [9.17, 15) is 18.7 Å². The first-order valence-electron chi connectivity index (χ1n) is 6.46. The van der Waals surface area contributed by atoms with Crippen molar-refractivity contribution in [2.75, 3.05) is 5.32 Å². The molecule has 0 unspecified atom stereocenters. The Kier molecular flexibility index (Phi) is 4.14. The lowest BCUT2D eigenvalue weighted by Crippen LogP contribution is -2.36. The van der Waals surface area contributed by atoms with Crippen molar-refractivity contribution in [3.8, 4) is 0 Å². The Bertz CT molecular complexity index is 471. The fraction of sp³-hybridized carbons (Fsp3) is 0.500. The molecule has 1 amide bonds. The minimum atomic E-state index is -0.987. The van der Waals surface area contributed by atoms with Crippen molar-refractivity contribution in [2.45, 2.75) is 44.1 Å². The van der Waals surface area contributed by atoms with Gasteiger partial charge in [-0.3, -0.25) is 4.79 Å². The molecule has 0 heterocycles. The van der Waals surface area contributed by atoms with E-state index < -0.39 is 23.1 Å². The third-order valence-electron chi connectivity index (χ3n) is 3.48. The summed E-state index contributed by atoms with van der Waals surface area (Å²) in [6.45, 7) is 0. The molecule has 0 atom stereocenters. The predicted molar refractivity (Wildman–Crippen MR) is 67.6 cm³/mol. The van der Waals surface area contributed by atoms with Crippen LogP contribution in [-0.2, 0) is 4.79 Å². The molecule has 104 valence electrons. The van der Waals surface area contributed by atoms with Gasteiger partial charge in [-0.15, -0.1) is 0 Å². The number of carbonyl (C=O) groups is 1. The number of hydrogen-bond acceptors (Lipinski definition) is 2. The SMILES string of the molecule is O=C(CC1(O)CCCCC1)Nc1ccc(F)cc1F. The van der Waals surface area contributed by atoms with Gasteiger partial charge in [0, 0.05) is 6.07 Å². The molecule has 1 aromatic rings. The fourth-order valence-corrected chi connectivity index (χ4v) is 2.47. The van der Waals surface area contributed by atoms with Crippen molar-refractivity contribution in [1.82, 2.24) is 0 Å². The van der Waals surface area contributed by atoms with Crippen LogP contribution >= 0.6 is 0 Å². The molecule has 1 fully saturated rings. The Labute approximate surface area is 110 Å². The Morgan fingerprint density at radius 3 is 2.58 bits per heavy atom. The molecule has 19 heavy (non-hydrogen) atoms. The van der Waals surface area contributed by atoms with E-state index in [-0.39, 0.29) is 12.1 Å². The van der Waals surface area contributed by atoms with Gasteiger partial charge < -0.3 is 10.4 Å². The second-order valence-electron chi connectivity index (χ2n) is 5.13. The average Bonchev–Trinajstić information content (AvgIpc) is 2.33. The smallest absolute Gasteiger partial charge is 0.227 e. The molecule has 0 aliphatic heterocycles. The molecule has 1 aliphatic carbocycles. The van der Waals surface area contributed by atoms with E-state index in [4.69, 9.17) is 0 Å². The second kappa shape index (κ2) is 5.65. The van der Waals surface area contributed by atoms with E-state index in [0.29, 0.717) is 18.9 Å². The number of hydrogen-bond donors (Lipinski definition) is 2. The summed E-state index contributed by atoms with van der Waals surface area (Å²) in [5.74, 6) is -1.96. The number of nitrogens with one attached hydrogen (secondary N) is 1. The van der Waals surface area contributed by atoms with Gasteiger partial charge in [-0.05, 0) is 25.0 Å². The van der Waals surface area contributed by atoms with Crippen LogP contribution < -0.4 is 5.32 Å². The van der Waals surface area contributed by atoms with Gasteiger partial charge >= 0.3 is 0 Å². The first-order valence-corrected chi connectivity index (χ1v) is 6.46. The van der Waals surface area contributed by atoms with Crippen molar-refractivity contribution in [3.63, 3.8) is 0 Å². The van der Waals surface area contributed by atoms with E-state index in [1.165, 1.54) is 6.07 Å². The normalized spacial score (nSPS) is 18.1.